The molecule has 0 bridgehead atoms. The van der Waals surface area contributed by atoms with Crippen molar-refractivity contribution < 1.29 is 4.79 Å². The summed E-state index contributed by atoms with van der Waals surface area (Å²) in [6, 6.07) is 12.1. The van der Waals surface area contributed by atoms with Crippen molar-refractivity contribution in [2.45, 2.75) is 45.0 Å². The Morgan fingerprint density at radius 2 is 1.67 bits per heavy atom. The van der Waals surface area contributed by atoms with Gasteiger partial charge in [0.05, 0.1) is 10.9 Å². The highest BCUT2D eigenvalue weighted by Crippen LogP contribution is 2.26. The lowest BCUT2D eigenvalue weighted by molar-refractivity contribution is -0.115. The lowest BCUT2D eigenvalue weighted by atomic mass is 10.1. The molecule has 1 atom stereocenters. The first-order valence-corrected chi connectivity index (χ1v) is 9.64. The first kappa shape index (κ1) is 19.1. The molecule has 1 heterocycles. The molecular formula is C20H23N5OS. The molecule has 140 valence electrons. The highest BCUT2D eigenvalue weighted by molar-refractivity contribution is 8.00. The first-order chi connectivity index (χ1) is 12.8. The van der Waals surface area contributed by atoms with Gasteiger partial charge in [0, 0.05) is 5.69 Å². The van der Waals surface area contributed by atoms with Crippen LogP contribution >= 0.6 is 11.8 Å². The maximum atomic E-state index is 12.7. The van der Waals surface area contributed by atoms with Crippen molar-refractivity contribution in [3.63, 3.8) is 0 Å². The van der Waals surface area contributed by atoms with Gasteiger partial charge in [-0.2, -0.15) is 4.68 Å². The van der Waals surface area contributed by atoms with Crippen molar-refractivity contribution in [3.8, 4) is 5.69 Å². The molecule has 7 heteroatoms. The summed E-state index contributed by atoms with van der Waals surface area (Å²) in [4.78, 5) is 12.7. The van der Waals surface area contributed by atoms with Gasteiger partial charge in [0.1, 0.15) is 0 Å². The Bertz CT molecular complexity index is 942. The van der Waals surface area contributed by atoms with Gasteiger partial charge in [-0.05, 0) is 68.3 Å². The molecule has 0 aliphatic carbocycles. The SMILES string of the molecule is Cc1ccc(-n2nnnc2S[C@@H](C)C(=O)Nc2c(C)cc(C)cc2C)cc1. The van der Waals surface area contributed by atoms with Crippen LogP contribution in [0.4, 0.5) is 5.69 Å². The molecule has 1 N–H and O–H groups in total. The Morgan fingerprint density at radius 3 is 2.30 bits per heavy atom. The Labute approximate surface area is 163 Å². The van der Waals surface area contributed by atoms with Crippen molar-refractivity contribution in [1.29, 1.82) is 0 Å². The standard InChI is InChI=1S/C20H23N5OS/c1-12-6-8-17(9-7-12)25-20(22-23-24-25)27-16(5)19(26)21-18-14(3)10-13(2)11-15(18)4/h6-11,16H,1-5H3,(H,21,26)/t16-/m0/s1. The second-order valence-electron chi connectivity index (χ2n) is 6.73. The molecular weight excluding hydrogens is 358 g/mol. The average Bonchev–Trinajstić information content (AvgIpc) is 3.06. The quantitative estimate of drug-likeness (QED) is 0.676. The molecule has 0 aliphatic heterocycles. The van der Waals surface area contributed by atoms with E-state index in [2.05, 4.69) is 39.9 Å². The first-order valence-electron chi connectivity index (χ1n) is 8.76. The average molecular weight is 382 g/mol. The minimum absolute atomic E-state index is 0.0755. The van der Waals surface area contributed by atoms with E-state index in [1.54, 1.807) is 4.68 Å². The van der Waals surface area contributed by atoms with Crippen LogP contribution in [0.1, 0.15) is 29.2 Å². The van der Waals surface area contributed by atoms with Crippen LogP contribution in [0.2, 0.25) is 0 Å². The van der Waals surface area contributed by atoms with E-state index < -0.39 is 0 Å². The van der Waals surface area contributed by atoms with E-state index in [0.717, 1.165) is 28.1 Å². The normalized spacial score (nSPS) is 12.0. The smallest absolute Gasteiger partial charge is 0.237 e. The largest absolute Gasteiger partial charge is 0.325 e. The Balaban J connectivity index is 1.75. The number of carbonyl (C=O) groups excluding carboxylic acids is 1. The highest BCUT2D eigenvalue weighted by Gasteiger charge is 2.20. The Kier molecular flexibility index (Phi) is 5.60. The van der Waals surface area contributed by atoms with E-state index in [-0.39, 0.29) is 11.2 Å². The number of aromatic nitrogens is 4. The third-order valence-corrected chi connectivity index (χ3v) is 5.33. The van der Waals surface area contributed by atoms with Crippen LogP contribution < -0.4 is 5.32 Å². The molecule has 3 rings (SSSR count). The van der Waals surface area contributed by atoms with Crippen molar-refractivity contribution in [2.75, 3.05) is 5.32 Å². The van der Waals surface area contributed by atoms with Gasteiger partial charge in [-0.3, -0.25) is 4.79 Å². The molecule has 0 spiro atoms. The van der Waals surface area contributed by atoms with Gasteiger partial charge in [0.15, 0.2) is 0 Å². The molecule has 0 saturated heterocycles. The van der Waals surface area contributed by atoms with E-state index in [1.165, 1.54) is 17.3 Å². The number of thioether (sulfide) groups is 1. The van der Waals surface area contributed by atoms with E-state index in [1.807, 2.05) is 52.0 Å². The molecule has 0 saturated carbocycles. The van der Waals surface area contributed by atoms with Gasteiger partial charge in [-0.25, -0.2) is 0 Å². The number of benzene rings is 2. The Hall–Kier alpha value is -2.67. The number of nitrogens with one attached hydrogen (secondary N) is 1. The molecule has 6 nitrogen and oxygen atoms in total. The number of amides is 1. The number of hydrogen-bond donors (Lipinski definition) is 1. The zero-order valence-electron chi connectivity index (χ0n) is 16.1. The summed E-state index contributed by atoms with van der Waals surface area (Å²) in [5, 5.41) is 15.2. The predicted octanol–water partition coefficient (Wildman–Crippen LogP) is 4.02. The maximum absolute atomic E-state index is 12.7. The molecule has 1 amide bonds. The van der Waals surface area contributed by atoms with Gasteiger partial charge in [-0.15, -0.1) is 5.10 Å². The number of tetrazole rings is 1. The summed E-state index contributed by atoms with van der Waals surface area (Å²) >= 11 is 1.33. The zero-order valence-corrected chi connectivity index (χ0v) is 17.0. The molecule has 1 aromatic heterocycles. The summed E-state index contributed by atoms with van der Waals surface area (Å²) in [7, 11) is 0. The molecule has 3 aromatic rings. The number of rotatable bonds is 5. The fourth-order valence-electron chi connectivity index (χ4n) is 2.91. The summed E-state index contributed by atoms with van der Waals surface area (Å²) < 4.78 is 1.65. The molecule has 0 unspecified atom stereocenters. The van der Waals surface area contributed by atoms with E-state index >= 15 is 0 Å². The van der Waals surface area contributed by atoms with E-state index in [9.17, 15) is 4.79 Å². The molecule has 27 heavy (non-hydrogen) atoms. The van der Waals surface area contributed by atoms with Crippen LogP contribution in [-0.4, -0.2) is 31.4 Å². The fraction of sp³-hybridized carbons (Fsp3) is 0.300. The van der Waals surface area contributed by atoms with Gasteiger partial charge >= 0.3 is 0 Å². The molecule has 0 radical (unpaired) electrons. The minimum atomic E-state index is -0.347. The van der Waals surface area contributed by atoms with Crippen LogP contribution in [-0.2, 0) is 4.79 Å². The second kappa shape index (κ2) is 7.92. The predicted molar refractivity (Wildman–Crippen MR) is 108 cm³/mol. The lowest BCUT2D eigenvalue weighted by Gasteiger charge is -2.16. The van der Waals surface area contributed by atoms with Crippen LogP contribution in [0.25, 0.3) is 5.69 Å². The number of hydrogen-bond acceptors (Lipinski definition) is 5. The van der Waals surface area contributed by atoms with Crippen molar-refractivity contribution >= 4 is 23.4 Å². The number of aryl methyl sites for hydroxylation is 4. The summed E-state index contributed by atoms with van der Waals surface area (Å²) in [5.74, 6) is -0.0755. The molecule has 2 aromatic carbocycles. The van der Waals surface area contributed by atoms with Crippen LogP contribution in [0.3, 0.4) is 0 Å². The van der Waals surface area contributed by atoms with Crippen molar-refractivity contribution in [3.05, 3.63) is 58.7 Å². The summed E-state index contributed by atoms with van der Waals surface area (Å²) in [6.07, 6.45) is 0. The summed E-state index contributed by atoms with van der Waals surface area (Å²) in [5.41, 5.74) is 6.20. The number of carbonyl (C=O) groups is 1. The van der Waals surface area contributed by atoms with E-state index in [0.29, 0.717) is 5.16 Å². The third-order valence-electron chi connectivity index (χ3n) is 4.30. The van der Waals surface area contributed by atoms with Crippen molar-refractivity contribution in [2.24, 2.45) is 0 Å². The zero-order chi connectivity index (χ0) is 19.6. The van der Waals surface area contributed by atoms with Crippen LogP contribution in [0.5, 0.6) is 0 Å². The van der Waals surface area contributed by atoms with Gasteiger partial charge in [0.25, 0.3) is 0 Å². The van der Waals surface area contributed by atoms with Gasteiger partial charge in [-0.1, -0.05) is 47.2 Å². The van der Waals surface area contributed by atoms with Gasteiger partial charge < -0.3 is 5.32 Å². The van der Waals surface area contributed by atoms with Crippen molar-refractivity contribution in [1.82, 2.24) is 20.2 Å². The third kappa shape index (κ3) is 4.36. The lowest BCUT2D eigenvalue weighted by Crippen LogP contribution is -2.24. The van der Waals surface area contributed by atoms with Gasteiger partial charge in [0.2, 0.25) is 11.1 Å². The monoisotopic (exact) mass is 381 g/mol. The van der Waals surface area contributed by atoms with E-state index in [4.69, 9.17) is 0 Å². The molecule has 0 aliphatic rings. The minimum Gasteiger partial charge on any atom is -0.325 e. The topological polar surface area (TPSA) is 72.7 Å². The highest BCUT2D eigenvalue weighted by atomic mass is 32.2. The second-order valence-corrected chi connectivity index (χ2v) is 8.04. The number of anilines is 1. The van der Waals surface area contributed by atoms with Crippen LogP contribution in [0.15, 0.2) is 41.6 Å². The van der Waals surface area contributed by atoms with Crippen LogP contribution in [0, 0.1) is 27.7 Å². The molecule has 0 fully saturated rings. The summed E-state index contributed by atoms with van der Waals surface area (Å²) in [6.45, 7) is 9.94. The maximum Gasteiger partial charge on any atom is 0.237 e. The fourth-order valence-corrected chi connectivity index (χ4v) is 3.72. The Morgan fingerprint density at radius 1 is 1.04 bits per heavy atom. The number of nitrogens with zero attached hydrogens (tertiary/aromatic N) is 4.